The monoisotopic (exact) mass is 427 g/mol. The smallest absolute Gasteiger partial charge is 0.218 e. The van der Waals surface area contributed by atoms with Gasteiger partial charge in [-0.05, 0) is 43.6 Å². The van der Waals surface area contributed by atoms with Crippen LogP contribution in [0, 0.1) is 5.92 Å². The van der Waals surface area contributed by atoms with Gasteiger partial charge in [-0.2, -0.15) is 0 Å². The van der Waals surface area contributed by atoms with E-state index in [-0.39, 0.29) is 41.5 Å². The molecule has 0 unspecified atom stereocenters. The highest BCUT2D eigenvalue weighted by atomic mass is 32.2. The fraction of sp³-hybridized carbons (Fsp3) is 0.455. The molecule has 0 radical (unpaired) electrons. The van der Waals surface area contributed by atoms with Gasteiger partial charge in [0.25, 0.3) is 0 Å². The molecule has 158 valence electrons. The number of nitrogens with zero attached hydrogens (tertiary/aromatic N) is 2. The quantitative estimate of drug-likeness (QED) is 0.734. The Labute approximate surface area is 186 Å². The van der Waals surface area contributed by atoms with E-state index in [1.165, 1.54) is 24.3 Å². The zero-order chi connectivity index (χ0) is 28.6. The lowest BCUT2D eigenvalue weighted by atomic mass is 9.76. The van der Waals surface area contributed by atoms with Gasteiger partial charge >= 0.3 is 0 Å². The molecule has 0 aliphatic carbocycles. The first-order chi connectivity index (χ1) is 17.3. The van der Waals surface area contributed by atoms with Crippen LogP contribution in [-0.2, 0) is 21.4 Å². The Kier molecular flexibility index (Phi) is 3.87. The molecule has 1 saturated heterocycles. The van der Waals surface area contributed by atoms with Crippen molar-refractivity contribution in [3.63, 3.8) is 0 Å². The lowest BCUT2D eigenvalue weighted by Crippen LogP contribution is -2.54. The molecule has 2 aromatic rings. The maximum absolute atomic E-state index is 13.3. The molecule has 1 aliphatic rings. The van der Waals surface area contributed by atoms with Gasteiger partial charge < -0.3 is 14.7 Å². The number of piperidine rings is 1. The number of sulfonamides is 1. The maximum atomic E-state index is 13.3. The number of ether oxygens (including phenoxy) is 1. The summed E-state index contributed by atoms with van der Waals surface area (Å²) in [5.41, 5.74) is -1.20. The van der Waals surface area contributed by atoms with E-state index in [0.29, 0.717) is 5.56 Å². The SMILES string of the molecule is [2H]C([2H])([2H])Oc1cccc([C@]2(O)CCN(S(=O)(=O)Cc3ccccc3)C[C@H]2CN(C([2H])([2H])[2H])C([2H])([2H])[2H])c1. The highest BCUT2D eigenvalue weighted by Gasteiger charge is 2.45. The van der Waals surface area contributed by atoms with E-state index in [9.17, 15) is 13.5 Å². The molecule has 1 aliphatic heterocycles. The van der Waals surface area contributed by atoms with Crippen LogP contribution in [0.5, 0.6) is 5.75 Å². The third-order valence-corrected chi connectivity index (χ3v) is 7.10. The van der Waals surface area contributed by atoms with Gasteiger partial charge in [0.2, 0.25) is 10.0 Å². The predicted octanol–water partition coefficient (Wildman–Crippen LogP) is 2.30. The molecular weight excluding hydrogens is 388 g/mol. The van der Waals surface area contributed by atoms with Gasteiger partial charge in [-0.3, -0.25) is 0 Å². The molecule has 0 spiro atoms. The fourth-order valence-electron chi connectivity index (χ4n) is 3.75. The maximum Gasteiger partial charge on any atom is 0.218 e. The molecule has 2 aromatic carbocycles. The van der Waals surface area contributed by atoms with Crippen LogP contribution in [0.15, 0.2) is 54.6 Å². The third-order valence-electron chi connectivity index (χ3n) is 5.28. The summed E-state index contributed by atoms with van der Waals surface area (Å²) in [6, 6.07) is 14.0. The van der Waals surface area contributed by atoms with Crippen molar-refractivity contribution in [2.45, 2.75) is 17.8 Å². The second-order valence-corrected chi connectivity index (χ2v) is 9.18. The average molecular weight is 428 g/mol. The Morgan fingerprint density at radius 1 is 1.24 bits per heavy atom. The number of aliphatic hydroxyl groups is 1. The summed E-state index contributed by atoms with van der Waals surface area (Å²) < 4.78 is 101. The highest BCUT2D eigenvalue weighted by molar-refractivity contribution is 7.88. The Hall–Kier alpha value is -1.93. The van der Waals surface area contributed by atoms with Crippen LogP contribution >= 0.6 is 0 Å². The topological polar surface area (TPSA) is 70.1 Å². The Morgan fingerprint density at radius 2 is 2.03 bits per heavy atom. The van der Waals surface area contributed by atoms with Crippen LogP contribution in [-0.4, -0.2) is 63.4 Å². The third kappa shape index (κ3) is 4.98. The minimum atomic E-state index is -3.92. The first-order valence-electron chi connectivity index (χ1n) is 13.6. The van der Waals surface area contributed by atoms with E-state index in [2.05, 4.69) is 0 Å². The highest BCUT2D eigenvalue weighted by Crippen LogP contribution is 2.40. The molecule has 0 saturated carbocycles. The van der Waals surface area contributed by atoms with Gasteiger partial charge in [0.1, 0.15) is 5.75 Å². The zero-order valence-electron chi connectivity index (χ0n) is 24.8. The summed E-state index contributed by atoms with van der Waals surface area (Å²) >= 11 is 0. The van der Waals surface area contributed by atoms with Crippen molar-refractivity contribution in [2.75, 3.05) is 40.6 Å². The summed E-state index contributed by atoms with van der Waals surface area (Å²) in [7, 11) is -6.69. The van der Waals surface area contributed by atoms with Gasteiger partial charge in [0, 0.05) is 33.8 Å². The molecular formula is C22H30N2O4S. The van der Waals surface area contributed by atoms with E-state index >= 15 is 0 Å². The number of hydrogen-bond donors (Lipinski definition) is 1. The van der Waals surface area contributed by atoms with Crippen molar-refractivity contribution in [3.05, 3.63) is 65.7 Å². The minimum absolute atomic E-state index is 0.0858. The van der Waals surface area contributed by atoms with Gasteiger partial charge in [-0.25, -0.2) is 12.7 Å². The summed E-state index contributed by atoms with van der Waals surface area (Å²) in [6.07, 6.45) is -0.196. The summed E-state index contributed by atoms with van der Waals surface area (Å²) in [5, 5.41) is 11.9. The van der Waals surface area contributed by atoms with E-state index in [4.69, 9.17) is 17.1 Å². The molecule has 1 fully saturated rings. The van der Waals surface area contributed by atoms with Crippen LogP contribution in [0.25, 0.3) is 0 Å². The van der Waals surface area contributed by atoms with Gasteiger partial charge in [-0.1, -0.05) is 42.5 Å². The van der Waals surface area contributed by atoms with Crippen molar-refractivity contribution >= 4 is 10.0 Å². The van der Waals surface area contributed by atoms with Gasteiger partial charge in [0.15, 0.2) is 0 Å². The van der Waals surface area contributed by atoms with Crippen LogP contribution < -0.4 is 4.74 Å². The van der Waals surface area contributed by atoms with Gasteiger partial charge in [0.05, 0.1) is 22.5 Å². The van der Waals surface area contributed by atoms with Gasteiger partial charge in [-0.15, -0.1) is 0 Å². The Morgan fingerprint density at radius 3 is 2.76 bits per heavy atom. The molecule has 29 heavy (non-hydrogen) atoms. The van der Waals surface area contributed by atoms with Crippen LogP contribution in [0.1, 0.15) is 29.9 Å². The molecule has 6 nitrogen and oxygen atoms in total. The normalized spacial score (nSPS) is 29.2. The van der Waals surface area contributed by atoms with E-state index in [0.717, 1.165) is 4.31 Å². The van der Waals surface area contributed by atoms with Crippen LogP contribution in [0.2, 0.25) is 0 Å². The lowest BCUT2D eigenvalue weighted by molar-refractivity contribution is -0.0698. The van der Waals surface area contributed by atoms with Crippen molar-refractivity contribution in [3.8, 4) is 5.75 Å². The molecule has 0 bridgehead atoms. The van der Waals surface area contributed by atoms with Crippen molar-refractivity contribution in [1.82, 2.24) is 9.21 Å². The van der Waals surface area contributed by atoms with Crippen molar-refractivity contribution in [1.29, 1.82) is 0 Å². The second kappa shape index (κ2) is 8.83. The number of benzene rings is 2. The largest absolute Gasteiger partial charge is 0.497 e. The number of rotatable bonds is 7. The lowest BCUT2D eigenvalue weighted by Gasteiger charge is -2.45. The molecule has 7 heteroatoms. The van der Waals surface area contributed by atoms with Crippen molar-refractivity contribution in [2.24, 2.45) is 5.92 Å². The first-order valence-corrected chi connectivity index (χ1v) is 10.7. The minimum Gasteiger partial charge on any atom is -0.497 e. The molecule has 2 atom stereocenters. The predicted molar refractivity (Wildman–Crippen MR) is 114 cm³/mol. The average Bonchev–Trinajstić information content (AvgIpc) is 2.76. The van der Waals surface area contributed by atoms with Crippen LogP contribution in [0.3, 0.4) is 0 Å². The Bertz CT molecular complexity index is 1190. The van der Waals surface area contributed by atoms with Crippen molar-refractivity contribution < 1.29 is 30.6 Å². The van der Waals surface area contributed by atoms with E-state index in [1.807, 2.05) is 0 Å². The standard InChI is InChI=1S/C22H30N2O4S/c1-23(2)15-20-16-24(29(26,27)17-18-8-5-4-6-9-18)13-12-22(20,25)19-10-7-11-21(14-19)28-3/h4-11,14,20,25H,12-13,15-17H2,1-3H3/t20-,22-/m1/s1/i1D3,2D3,3D3. The Balaban J connectivity index is 2.01. The number of hydrogen-bond acceptors (Lipinski definition) is 5. The second-order valence-electron chi connectivity index (χ2n) is 7.21. The molecule has 0 amide bonds. The van der Waals surface area contributed by atoms with Crippen LogP contribution in [0.4, 0.5) is 0 Å². The number of methoxy groups -OCH3 is 1. The van der Waals surface area contributed by atoms with E-state index < -0.39 is 49.1 Å². The summed E-state index contributed by atoms with van der Waals surface area (Å²) in [4.78, 5) is 0.283. The fourth-order valence-corrected chi connectivity index (χ4v) is 5.33. The molecule has 1 N–H and O–H groups in total. The first kappa shape index (κ1) is 12.7. The molecule has 0 aromatic heterocycles. The summed E-state index contributed by atoms with van der Waals surface area (Å²) in [6.45, 7) is -7.31. The summed E-state index contributed by atoms with van der Waals surface area (Å²) in [5.74, 6) is -1.62. The molecule has 3 rings (SSSR count). The molecule has 1 heterocycles. The van der Waals surface area contributed by atoms with E-state index in [1.54, 1.807) is 30.3 Å². The zero-order valence-corrected chi connectivity index (χ0v) is 16.6.